The number of carbonyl (C=O) groups is 1. The molecule has 0 aromatic heterocycles. The van der Waals surface area contributed by atoms with E-state index >= 15 is 0 Å². The summed E-state index contributed by atoms with van der Waals surface area (Å²) in [6.07, 6.45) is 1.59. The first-order valence-corrected chi connectivity index (χ1v) is 10.6. The third-order valence-electron chi connectivity index (χ3n) is 4.72. The number of morpholine rings is 1. The zero-order valence-corrected chi connectivity index (χ0v) is 19.1. The number of amides is 1. The molecule has 0 N–H and O–H groups in total. The Morgan fingerprint density at radius 3 is 2.60 bits per heavy atom. The molecule has 1 amide bonds. The van der Waals surface area contributed by atoms with E-state index in [1.807, 2.05) is 43.3 Å². The minimum absolute atomic E-state index is 0.0862. The van der Waals surface area contributed by atoms with Gasteiger partial charge in [0.1, 0.15) is 18.2 Å². The highest BCUT2D eigenvalue weighted by atomic mass is 127. The molecule has 3 rings (SSSR count). The Hall–Kier alpha value is -2.57. The van der Waals surface area contributed by atoms with Crippen LogP contribution in [0.25, 0.3) is 6.08 Å². The summed E-state index contributed by atoms with van der Waals surface area (Å²) < 4.78 is 17.6. The van der Waals surface area contributed by atoms with Crippen LogP contribution in [0, 0.1) is 21.8 Å². The van der Waals surface area contributed by atoms with Gasteiger partial charge in [0.2, 0.25) is 0 Å². The molecule has 0 atom stereocenters. The SMILES string of the molecule is COc1cc(/C=C(/C#N)C(=O)N2CCOCC2)cc(I)c1OCc1ccc(C)cc1. The van der Waals surface area contributed by atoms with Crippen molar-refractivity contribution in [2.45, 2.75) is 13.5 Å². The lowest BCUT2D eigenvalue weighted by Gasteiger charge is -2.26. The van der Waals surface area contributed by atoms with E-state index in [1.54, 1.807) is 24.2 Å². The van der Waals surface area contributed by atoms with Gasteiger partial charge in [0.05, 0.1) is 23.9 Å². The number of benzene rings is 2. The summed E-state index contributed by atoms with van der Waals surface area (Å²) in [5.41, 5.74) is 3.05. The summed E-state index contributed by atoms with van der Waals surface area (Å²) in [5, 5.41) is 9.51. The van der Waals surface area contributed by atoms with Gasteiger partial charge in [-0.25, -0.2) is 0 Å². The Bertz CT molecular complexity index is 974. The average molecular weight is 518 g/mol. The van der Waals surface area contributed by atoms with Gasteiger partial charge in [0.25, 0.3) is 5.91 Å². The number of hydrogen-bond donors (Lipinski definition) is 0. The van der Waals surface area contributed by atoms with Gasteiger partial charge in [0, 0.05) is 13.1 Å². The van der Waals surface area contributed by atoms with Gasteiger partial charge in [-0.3, -0.25) is 4.79 Å². The van der Waals surface area contributed by atoms with E-state index in [1.165, 1.54) is 5.56 Å². The molecule has 1 heterocycles. The van der Waals surface area contributed by atoms with Gasteiger partial charge < -0.3 is 19.1 Å². The van der Waals surface area contributed by atoms with Crippen molar-refractivity contribution in [3.63, 3.8) is 0 Å². The molecule has 30 heavy (non-hydrogen) atoms. The molecular formula is C23H23IN2O4. The third kappa shape index (κ3) is 5.52. The molecule has 2 aromatic carbocycles. The molecule has 0 spiro atoms. The lowest BCUT2D eigenvalue weighted by molar-refractivity contribution is -0.130. The molecule has 0 radical (unpaired) electrons. The highest BCUT2D eigenvalue weighted by Gasteiger charge is 2.21. The number of ether oxygens (including phenoxy) is 3. The second-order valence-corrected chi connectivity index (χ2v) is 8.04. The van der Waals surface area contributed by atoms with Crippen LogP contribution in [-0.4, -0.2) is 44.2 Å². The number of hydrogen-bond acceptors (Lipinski definition) is 5. The topological polar surface area (TPSA) is 71.8 Å². The molecule has 0 bridgehead atoms. The molecule has 0 unspecified atom stereocenters. The van der Waals surface area contributed by atoms with E-state index in [0.29, 0.717) is 50.0 Å². The predicted octanol–water partition coefficient (Wildman–Crippen LogP) is 3.95. The first kappa shape index (κ1) is 22.1. The van der Waals surface area contributed by atoms with Crippen LogP contribution in [-0.2, 0) is 16.1 Å². The van der Waals surface area contributed by atoms with E-state index in [-0.39, 0.29) is 11.5 Å². The molecule has 7 heteroatoms. The Kier molecular flexibility index (Phi) is 7.71. The second-order valence-electron chi connectivity index (χ2n) is 6.88. The normalized spacial score (nSPS) is 14.2. The molecule has 1 aliphatic rings. The average Bonchev–Trinajstić information content (AvgIpc) is 2.77. The van der Waals surface area contributed by atoms with Crippen LogP contribution in [0.3, 0.4) is 0 Å². The van der Waals surface area contributed by atoms with Gasteiger partial charge >= 0.3 is 0 Å². The van der Waals surface area contributed by atoms with Crippen LogP contribution in [0.2, 0.25) is 0 Å². The highest BCUT2D eigenvalue weighted by Crippen LogP contribution is 2.35. The molecule has 1 fully saturated rings. The van der Waals surface area contributed by atoms with E-state index in [9.17, 15) is 10.1 Å². The smallest absolute Gasteiger partial charge is 0.264 e. The zero-order chi connectivity index (χ0) is 21.5. The Labute approximate surface area is 190 Å². The van der Waals surface area contributed by atoms with Crippen molar-refractivity contribution in [2.24, 2.45) is 0 Å². The fourth-order valence-electron chi connectivity index (χ4n) is 3.05. The molecule has 6 nitrogen and oxygen atoms in total. The van der Waals surface area contributed by atoms with Crippen LogP contribution < -0.4 is 9.47 Å². The van der Waals surface area contributed by atoms with Crippen molar-refractivity contribution < 1.29 is 19.0 Å². The van der Waals surface area contributed by atoms with Gasteiger partial charge in [0.15, 0.2) is 11.5 Å². The lowest BCUT2D eigenvalue weighted by atomic mass is 10.1. The monoisotopic (exact) mass is 518 g/mol. The highest BCUT2D eigenvalue weighted by molar-refractivity contribution is 14.1. The summed E-state index contributed by atoms with van der Waals surface area (Å²) in [6.45, 7) is 4.42. The fraction of sp³-hybridized carbons (Fsp3) is 0.304. The summed E-state index contributed by atoms with van der Waals surface area (Å²) in [6, 6.07) is 13.8. The van der Waals surface area contributed by atoms with Crippen LogP contribution in [0.15, 0.2) is 42.0 Å². The number of nitriles is 1. The lowest BCUT2D eigenvalue weighted by Crippen LogP contribution is -2.41. The van der Waals surface area contributed by atoms with Crippen LogP contribution in [0.4, 0.5) is 0 Å². The number of carbonyl (C=O) groups excluding carboxylic acids is 1. The largest absolute Gasteiger partial charge is 0.493 e. The minimum atomic E-state index is -0.283. The Balaban J connectivity index is 1.81. The van der Waals surface area contributed by atoms with Crippen LogP contribution in [0.1, 0.15) is 16.7 Å². The van der Waals surface area contributed by atoms with E-state index in [0.717, 1.165) is 9.13 Å². The van der Waals surface area contributed by atoms with E-state index < -0.39 is 0 Å². The first-order chi connectivity index (χ1) is 14.5. The fourth-order valence-corrected chi connectivity index (χ4v) is 3.83. The van der Waals surface area contributed by atoms with Gasteiger partial charge in [-0.05, 0) is 58.9 Å². The van der Waals surface area contributed by atoms with E-state index in [4.69, 9.17) is 14.2 Å². The molecule has 1 saturated heterocycles. The summed E-state index contributed by atoms with van der Waals surface area (Å²) in [7, 11) is 1.57. The van der Waals surface area contributed by atoms with Crippen molar-refractivity contribution in [2.75, 3.05) is 33.4 Å². The third-order valence-corrected chi connectivity index (χ3v) is 5.52. The number of rotatable bonds is 6. The van der Waals surface area contributed by atoms with Crippen molar-refractivity contribution in [3.05, 3.63) is 62.2 Å². The summed E-state index contributed by atoms with van der Waals surface area (Å²) in [4.78, 5) is 14.3. The first-order valence-electron chi connectivity index (χ1n) is 9.56. The number of halogens is 1. The maximum Gasteiger partial charge on any atom is 0.264 e. The zero-order valence-electron chi connectivity index (χ0n) is 17.0. The molecule has 0 aliphatic carbocycles. The Morgan fingerprint density at radius 2 is 1.97 bits per heavy atom. The van der Waals surface area contributed by atoms with Gasteiger partial charge in [-0.15, -0.1) is 0 Å². The number of nitrogens with zero attached hydrogens (tertiary/aromatic N) is 2. The standard InChI is InChI=1S/C23H23IN2O4/c1-16-3-5-17(6-4-16)15-30-22-20(24)12-18(13-21(22)28-2)11-19(14-25)23(27)26-7-9-29-10-8-26/h3-6,11-13H,7-10,15H2,1-2H3/b19-11-. The second kappa shape index (κ2) is 10.5. The minimum Gasteiger partial charge on any atom is -0.493 e. The van der Waals surface area contributed by atoms with Crippen LogP contribution in [0.5, 0.6) is 11.5 Å². The van der Waals surface area contributed by atoms with Crippen molar-refractivity contribution in [3.8, 4) is 17.6 Å². The molecule has 1 aliphatic heterocycles. The molecule has 2 aromatic rings. The number of aryl methyl sites for hydroxylation is 1. The quantitative estimate of drug-likeness (QED) is 0.329. The van der Waals surface area contributed by atoms with E-state index in [2.05, 4.69) is 22.6 Å². The number of methoxy groups -OCH3 is 1. The maximum absolute atomic E-state index is 12.6. The van der Waals surface area contributed by atoms with Crippen molar-refractivity contribution in [1.29, 1.82) is 5.26 Å². The molecule has 156 valence electrons. The van der Waals surface area contributed by atoms with Crippen molar-refractivity contribution >= 4 is 34.6 Å². The molecular weight excluding hydrogens is 495 g/mol. The molecule has 0 saturated carbocycles. The van der Waals surface area contributed by atoms with Crippen molar-refractivity contribution in [1.82, 2.24) is 4.90 Å². The summed E-state index contributed by atoms with van der Waals surface area (Å²) >= 11 is 2.17. The van der Waals surface area contributed by atoms with Crippen LogP contribution >= 0.6 is 22.6 Å². The summed E-state index contributed by atoms with van der Waals surface area (Å²) in [5.74, 6) is 0.902. The Morgan fingerprint density at radius 1 is 1.27 bits per heavy atom. The predicted molar refractivity (Wildman–Crippen MR) is 122 cm³/mol. The van der Waals surface area contributed by atoms with Gasteiger partial charge in [-0.2, -0.15) is 5.26 Å². The van der Waals surface area contributed by atoms with Gasteiger partial charge in [-0.1, -0.05) is 29.8 Å². The maximum atomic E-state index is 12.6.